The lowest BCUT2D eigenvalue weighted by atomic mass is 10.2. The highest BCUT2D eigenvalue weighted by Gasteiger charge is 2.35. The van der Waals surface area contributed by atoms with Crippen LogP contribution in [0.1, 0.15) is 47.0 Å². The Kier molecular flexibility index (Phi) is 4.14. The topological polar surface area (TPSA) is 38.3 Å². The second kappa shape index (κ2) is 4.97. The predicted octanol–water partition coefficient (Wildman–Crippen LogP) is 2.11. The van der Waals surface area contributed by atoms with E-state index in [9.17, 15) is 4.79 Å². The maximum Gasteiger partial charge on any atom is 0.320 e. The van der Waals surface area contributed by atoms with Gasteiger partial charge in [-0.3, -0.25) is 4.79 Å². The number of nitrogens with one attached hydrogen (secondary N) is 1. The molecular formula is C12H23NO2. The summed E-state index contributed by atoms with van der Waals surface area (Å²) in [4.78, 5) is 11.4. The minimum Gasteiger partial charge on any atom is -0.459 e. The molecule has 3 nitrogen and oxygen atoms in total. The van der Waals surface area contributed by atoms with Gasteiger partial charge in [0.1, 0.15) is 5.60 Å². The third kappa shape index (κ3) is 5.17. The molecule has 1 fully saturated rings. The quantitative estimate of drug-likeness (QED) is 0.711. The second-order valence-corrected chi connectivity index (χ2v) is 5.36. The first-order chi connectivity index (χ1) is 6.92. The number of hydrogen-bond acceptors (Lipinski definition) is 3. The van der Waals surface area contributed by atoms with Gasteiger partial charge in [0.2, 0.25) is 0 Å². The van der Waals surface area contributed by atoms with Gasteiger partial charge in [0.25, 0.3) is 0 Å². The van der Waals surface area contributed by atoms with Gasteiger partial charge in [0.05, 0.1) is 6.54 Å². The normalized spacial score (nSPS) is 25.1. The number of carbonyl (C=O) groups is 1. The zero-order chi connectivity index (χ0) is 11.5. The fourth-order valence-electron chi connectivity index (χ4n) is 1.78. The molecule has 1 N–H and O–H groups in total. The Morgan fingerprint density at radius 3 is 2.67 bits per heavy atom. The summed E-state index contributed by atoms with van der Waals surface area (Å²) in [5.74, 6) is 0.641. The van der Waals surface area contributed by atoms with Crippen molar-refractivity contribution < 1.29 is 9.53 Å². The summed E-state index contributed by atoms with van der Waals surface area (Å²) in [6.45, 7) is 8.22. The molecule has 0 spiro atoms. The summed E-state index contributed by atoms with van der Waals surface area (Å²) >= 11 is 0. The van der Waals surface area contributed by atoms with Crippen molar-refractivity contribution in [3.05, 3.63) is 0 Å². The highest BCUT2D eigenvalue weighted by molar-refractivity contribution is 5.72. The Morgan fingerprint density at radius 1 is 1.47 bits per heavy atom. The molecule has 88 valence electrons. The van der Waals surface area contributed by atoms with Crippen molar-refractivity contribution in [2.45, 2.75) is 58.6 Å². The second-order valence-electron chi connectivity index (χ2n) is 5.36. The van der Waals surface area contributed by atoms with Crippen LogP contribution in [0.5, 0.6) is 0 Å². The fraction of sp³-hybridized carbons (Fsp3) is 0.917. The Labute approximate surface area is 92.6 Å². The van der Waals surface area contributed by atoms with E-state index in [0.29, 0.717) is 12.6 Å². The van der Waals surface area contributed by atoms with Crippen molar-refractivity contribution in [2.75, 3.05) is 6.54 Å². The summed E-state index contributed by atoms with van der Waals surface area (Å²) in [7, 11) is 0. The predicted molar refractivity (Wildman–Crippen MR) is 60.7 cm³/mol. The lowest BCUT2D eigenvalue weighted by Crippen LogP contribution is -2.32. The molecular weight excluding hydrogens is 190 g/mol. The Balaban J connectivity index is 2.09. The van der Waals surface area contributed by atoms with Gasteiger partial charge in [-0.2, -0.15) is 0 Å². The molecule has 0 heterocycles. The highest BCUT2D eigenvalue weighted by atomic mass is 16.6. The molecule has 0 bridgehead atoms. The molecule has 2 unspecified atom stereocenters. The fourth-order valence-corrected chi connectivity index (χ4v) is 1.78. The third-order valence-corrected chi connectivity index (χ3v) is 2.51. The van der Waals surface area contributed by atoms with E-state index in [1.165, 1.54) is 19.3 Å². The molecule has 15 heavy (non-hydrogen) atoms. The summed E-state index contributed by atoms with van der Waals surface area (Å²) in [6, 6.07) is 0.553. The van der Waals surface area contributed by atoms with E-state index in [1.54, 1.807) is 0 Å². The molecule has 1 saturated carbocycles. The smallest absolute Gasteiger partial charge is 0.320 e. The van der Waals surface area contributed by atoms with Crippen molar-refractivity contribution in [3.63, 3.8) is 0 Å². The van der Waals surface area contributed by atoms with Gasteiger partial charge in [0.15, 0.2) is 0 Å². The van der Waals surface area contributed by atoms with Crippen LogP contribution in [0.25, 0.3) is 0 Å². The van der Waals surface area contributed by atoms with Gasteiger partial charge < -0.3 is 10.1 Å². The molecule has 3 heteroatoms. The Bertz CT molecular complexity index is 220. The summed E-state index contributed by atoms with van der Waals surface area (Å²) < 4.78 is 5.21. The first-order valence-electron chi connectivity index (χ1n) is 5.87. The van der Waals surface area contributed by atoms with Crippen molar-refractivity contribution in [1.82, 2.24) is 5.32 Å². The minimum atomic E-state index is -0.370. The van der Waals surface area contributed by atoms with Gasteiger partial charge in [-0.15, -0.1) is 0 Å². The molecule has 2 atom stereocenters. The van der Waals surface area contributed by atoms with E-state index in [2.05, 4.69) is 12.2 Å². The zero-order valence-corrected chi connectivity index (χ0v) is 10.3. The largest absolute Gasteiger partial charge is 0.459 e. The SMILES string of the molecule is CCCC1CC1NCC(=O)OC(C)(C)C. The summed E-state index contributed by atoms with van der Waals surface area (Å²) in [5.41, 5.74) is -0.370. The van der Waals surface area contributed by atoms with Crippen molar-refractivity contribution in [3.8, 4) is 0 Å². The monoisotopic (exact) mass is 213 g/mol. The average Bonchev–Trinajstić information content (AvgIpc) is 2.78. The molecule has 0 aromatic heterocycles. The van der Waals surface area contributed by atoms with Crippen LogP contribution in [0.4, 0.5) is 0 Å². The maximum atomic E-state index is 11.4. The van der Waals surface area contributed by atoms with Gasteiger partial charge in [-0.1, -0.05) is 13.3 Å². The zero-order valence-electron chi connectivity index (χ0n) is 10.3. The molecule has 1 aliphatic carbocycles. The van der Waals surface area contributed by atoms with Crippen molar-refractivity contribution in [1.29, 1.82) is 0 Å². The summed E-state index contributed by atoms with van der Waals surface area (Å²) in [5, 5.41) is 3.24. The first-order valence-corrected chi connectivity index (χ1v) is 5.87. The first kappa shape index (κ1) is 12.5. The van der Waals surface area contributed by atoms with Gasteiger partial charge in [0, 0.05) is 6.04 Å². The Morgan fingerprint density at radius 2 is 2.13 bits per heavy atom. The lowest BCUT2D eigenvalue weighted by Gasteiger charge is -2.19. The number of rotatable bonds is 5. The Hall–Kier alpha value is -0.570. The van der Waals surface area contributed by atoms with E-state index in [0.717, 1.165) is 5.92 Å². The molecule has 1 rings (SSSR count). The highest BCUT2D eigenvalue weighted by Crippen LogP contribution is 2.34. The van der Waals surface area contributed by atoms with Crippen LogP contribution in [-0.2, 0) is 9.53 Å². The van der Waals surface area contributed by atoms with Gasteiger partial charge in [-0.25, -0.2) is 0 Å². The van der Waals surface area contributed by atoms with Crippen LogP contribution in [0.2, 0.25) is 0 Å². The van der Waals surface area contributed by atoms with E-state index < -0.39 is 0 Å². The molecule has 0 amide bonds. The van der Waals surface area contributed by atoms with E-state index >= 15 is 0 Å². The molecule has 0 aliphatic heterocycles. The molecule has 0 aromatic rings. The molecule has 0 saturated heterocycles. The van der Waals surface area contributed by atoms with Crippen LogP contribution in [0, 0.1) is 5.92 Å². The van der Waals surface area contributed by atoms with Gasteiger partial charge >= 0.3 is 5.97 Å². The van der Waals surface area contributed by atoms with Crippen molar-refractivity contribution in [2.24, 2.45) is 5.92 Å². The number of carbonyl (C=O) groups excluding carboxylic acids is 1. The average molecular weight is 213 g/mol. The minimum absolute atomic E-state index is 0.148. The number of ether oxygens (including phenoxy) is 1. The van der Waals surface area contributed by atoms with Crippen LogP contribution >= 0.6 is 0 Å². The number of hydrogen-bond donors (Lipinski definition) is 1. The van der Waals surface area contributed by atoms with E-state index in [1.807, 2.05) is 20.8 Å². The van der Waals surface area contributed by atoms with Crippen LogP contribution in [0.15, 0.2) is 0 Å². The van der Waals surface area contributed by atoms with Crippen LogP contribution < -0.4 is 5.32 Å². The standard InChI is InChI=1S/C12H23NO2/c1-5-6-9-7-10(9)13-8-11(14)15-12(2,3)4/h9-10,13H,5-8H2,1-4H3. The maximum absolute atomic E-state index is 11.4. The van der Waals surface area contributed by atoms with Gasteiger partial charge in [-0.05, 0) is 39.5 Å². The molecule has 1 aliphatic rings. The lowest BCUT2D eigenvalue weighted by molar-refractivity contribution is -0.153. The number of esters is 1. The van der Waals surface area contributed by atoms with E-state index in [-0.39, 0.29) is 11.6 Å². The molecule has 0 radical (unpaired) electrons. The summed E-state index contributed by atoms with van der Waals surface area (Å²) in [6.07, 6.45) is 3.72. The van der Waals surface area contributed by atoms with Crippen LogP contribution in [-0.4, -0.2) is 24.2 Å². The van der Waals surface area contributed by atoms with E-state index in [4.69, 9.17) is 4.74 Å². The van der Waals surface area contributed by atoms with Crippen LogP contribution in [0.3, 0.4) is 0 Å². The van der Waals surface area contributed by atoms with Crippen molar-refractivity contribution >= 4 is 5.97 Å². The molecule has 0 aromatic carbocycles. The third-order valence-electron chi connectivity index (χ3n) is 2.51.